The zero-order chi connectivity index (χ0) is 14.7. The van der Waals surface area contributed by atoms with Crippen molar-refractivity contribution in [2.24, 2.45) is 5.92 Å². The number of piperidine rings is 1. The summed E-state index contributed by atoms with van der Waals surface area (Å²) in [6.45, 7) is 2.03. The maximum atomic E-state index is 13.6. The molecule has 1 unspecified atom stereocenters. The number of hydrogen-bond acceptors (Lipinski definition) is 3. The average molecular weight is 308 g/mol. The lowest BCUT2D eigenvalue weighted by atomic mass is 9.92. The molecule has 1 aromatic heterocycles. The zero-order valence-corrected chi connectivity index (χ0v) is 12.6. The van der Waals surface area contributed by atoms with Gasteiger partial charge in [-0.15, -0.1) is 11.3 Å². The van der Waals surface area contributed by atoms with Gasteiger partial charge in [0.2, 0.25) is 0 Å². The molecule has 1 aliphatic rings. The van der Waals surface area contributed by atoms with Crippen LogP contribution in [0.25, 0.3) is 0 Å². The van der Waals surface area contributed by atoms with Crippen molar-refractivity contribution >= 4 is 16.5 Å². The molecule has 21 heavy (non-hydrogen) atoms. The Morgan fingerprint density at radius 3 is 3.00 bits per heavy atom. The molecule has 3 rings (SSSR count). The first-order valence-corrected chi connectivity index (χ1v) is 8.18. The van der Waals surface area contributed by atoms with Crippen LogP contribution in [0.2, 0.25) is 0 Å². The quantitative estimate of drug-likeness (QED) is 0.838. The molecule has 0 amide bonds. The van der Waals surface area contributed by atoms with E-state index in [4.69, 9.17) is 0 Å². The predicted molar refractivity (Wildman–Crippen MR) is 81.7 cm³/mol. The summed E-state index contributed by atoms with van der Waals surface area (Å²) in [5.41, 5.74) is 0.614. The minimum absolute atomic E-state index is 0.428. The fourth-order valence-electron chi connectivity index (χ4n) is 2.93. The molecule has 1 aliphatic heterocycles. The molecule has 0 aliphatic carbocycles. The normalized spacial score (nSPS) is 19.0. The first-order chi connectivity index (χ1) is 10.2. The molecule has 1 atom stereocenters. The maximum Gasteiger partial charge on any atom is 0.185 e. The highest BCUT2D eigenvalue weighted by molar-refractivity contribution is 7.13. The number of benzene rings is 1. The van der Waals surface area contributed by atoms with Gasteiger partial charge in [-0.3, -0.25) is 0 Å². The summed E-state index contributed by atoms with van der Waals surface area (Å²) in [5.74, 6) is -0.390. The van der Waals surface area contributed by atoms with Gasteiger partial charge in [-0.1, -0.05) is 6.07 Å². The van der Waals surface area contributed by atoms with E-state index in [1.54, 1.807) is 17.4 Å². The molecule has 1 saturated heterocycles. The van der Waals surface area contributed by atoms with Crippen LogP contribution in [0.1, 0.15) is 24.8 Å². The van der Waals surface area contributed by atoms with Gasteiger partial charge in [0, 0.05) is 30.7 Å². The van der Waals surface area contributed by atoms with Crippen molar-refractivity contribution < 1.29 is 8.78 Å². The van der Waals surface area contributed by atoms with Crippen molar-refractivity contribution in [3.63, 3.8) is 0 Å². The standard InChI is InChI=1S/C16H18F2N2S/c17-14-6-5-13(15(18)10-14)4-3-12-2-1-8-20(11-12)16-19-7-9-21-16/h5-7,9-10,12H,1-4,8,11H2. The van der Waals surface area contributed by atoms with E-state index in [-0.39, 0.29) is 0 Å². The Morgan fingerprint density at radius 1 is 1.33 bits per heavy atom. The van der Waals surface area contributed by atoms with Crippen LogP contribution in [0.5, 0.6) is 0 Å². The van der Waals surface area contributed by atoms with Crippen LogP contribution < -0.4 is 4.90 Å². The van der Waals surface area contributed by atoms with Crippen molar-refractivity contribution in [3.05, 3.63) is 47.0 Å². The Bertz CT molecular complexity index is 586. The molecule has 5 heteroatoms. The molecule has 0 bridgehead atoms. The number of anilines is 1. The summed E-state index contributed by atoms with van der Waals surface area (Å²) in [5, 5.41) is 3.07. The van der Waals surface area contributed by atoms with Crippen LogP contribution in [0.3, 0.4) is 0 Å². The summed E-state index contributed by atoms with van der Waals surface area (Å²) < 4.78 is 26.5. The number of aromatic nitrogens is 1. The monoisotopic (exact) mass is 308 g/mol. The highest BCUT2D eigenvalue weighted by atomic mass is 32.1. The average Bonchev–Trinajstić information content (AvgIpc) is 3.01. The third-order valence-electron chi connectivity index (χ3n) is 4.05. The van der Waals surface area contributed by atoms with Gasteiger partial charge < -0.3 is 4.90 Å². The third-order valence-corrected chi connectivity index (χ3v) is 4.88. The second-order valence-electron chi connectivity index (χ2n) is 5.54. The maximum absolute atomic E-state index is 13.6. The largest absolute Gasteiger partial charge is 0.348 e. The summed E-state index contributed by atoms with van der Waals surface area (Å²) in [7, 11) is 0. The fraction of sp³-hybridized carbons (Fsp3) is 0.438. The van der Waals surface area contributed by atoms with Crippen molar-refractivity contribution in [2.75, 3.05) is 18.0 Å². The Balaban J connectivity index is 1.57. The van der Waals surface area contributed by atoms with Gasteiger partial charge in [-0.05, 0) is 43.2 Å². The van der Waals surface area contributed by atoms with E-state index >= 15 is 0 Å². The van der Waals surface area contributed by atoms with Gasteiger partial charge in [0.15, 0.2) is 5.13 Å². The molecule has 1 aromatic carbocycles. The van der Waals surface area contributed by atoms with Crippen molar-refractivity contribution in [3.8, 4) is 0 Å². The number of thiazole rings is 1. The Kier molecular flexibility index (Phi) is 4.48. The highest BCUT2D eigenvalue weighted by Gasteiger charge is 2.21. The molecule has 2 aromatic rings. The third kappa shape index (κ3) is 3.59. The lowest BCUT2D eigenvalue weighted by Gasteiger charge is -2.32. The molecule has 0 saturated carbocycles. The van der Waals surface area contributed by atoms with Gasteiger partial charge in [0.05, 0.1) is 0 Å². The first-order valence-electron chi connectivity index (χ1n) is 7.31. The second-order valence-corrected chi connectivity index (χ2v) is 6.42. The zero-order valence-electron chi connectivity index (χ0n) is 11.8. The first kappa shape index (κ1) is 14.4. The SMILES string of the molecule is Fc1ccc(CCC2CCCN(c3nccs3)C2)c(F)c1. The van der Waals surface area contributed by atoms with Crippen LogP contribution in [-0.2, 0) is 6.42 Å². The van der Waals surface area contributed by atoms with Crippen LogP contribution in [-0.4, -0.2) is 18.1 Å². The van der Waals surface area contributed by atoms with E-state index < -0.39 is 11.6 Å². The Hall–Kier alpha value is -1.49. The fourth-order valence-corrected chi connectivity index (χ4v) is 3.61. The number of rotatable bonds is 4. The molecule has 2 nitrogen and oxygen atoms in total. The van der Waals surface area contributed by atoms with Crippen molar-refractivity contribution in [1.29, 1.82) is 0 Å². The van der Waals surface area contributed by atoms with Gasteiger partial charge in [0.25, 0.3) is 0 Å². The Labute approximate surface area is 127 Å². The smallest absolute Gasteiger partial charge is 0.185 e. The number of halogens is 2. The van der Waals surface area contributed by atoms with Gasteiger partial charge in [0.1, 0.15) is 11.6 Å². The minimum atomic E-state index is -0.510. The molecule has 2 heterocycles. The predicted octanol–water partition coefficient (Wildman–Crippen LogP) is 4.27. The lowest BCUT2D eigenvalue weighted by molar-refractivity contribution is 0.389. The van der Waals surface area contributed by atoms with E-state index in [1.807, 2.05) is 11.6 Å². The van der Waals surface area contributed by atoms with Gasteiger partial charge >= 0.3 is 0 Å². The van der Waals surface area contributed by atoms with Crippen molar-refractivity contribution in [1.82, 2.24) is 4.98 Å². The van der Waals surface area contributed by atoms with E-state index in [1.165, 1.54) is 12.5 Å². The molecule has 0 spiro atoms. The molecular weight excluding hydrogens is 290 g/mol. The minimum Gasteiger partial charge on any atom is -0.348 e. The van der Waals surface area contributed by atoms with Crippen LogP contribution in [0.15, 0.2) is 29.8 Å². The number of nitrogens with zero attached hydrogens (tertiary/aromatic N) is 2. The molecule has 112 valence electrons. The van der Waals surface area contributed by atoms with E-state index in [0.29, 0.717) is 17.9 Å². The van der Waals surface area contributed by atoms with E-state index in [9.17, 15) is 8.78 Å². The lowest BCUT2D eigenvalue weighted by Crippen LogP contribution is -2.35. The summed E-state index contributed by atoms with van der Waals surface area (Å²) >= 11 is 1.66. The second kappa shape index (κ2) is 6.52. The highest BCUT2D eigenvalue weighted by Crippen LogP contribution is 2.27. The summed E-state index contributed by atoms with van der Waals surface area (Å²) in [6.07, 6.45) is 5.76. The van der Waals surface area contributed by atoms with Crippen LogP contribution in [0, 0.1) is 17.6 Å². The van der Waals surface area contributed by atoms with Crippen LogP contribution >= 0.6 is 11.3 Å². The van der Waals surface area contributed by atoms with Gasteiger partial charge in [-0.2, -0.15) is 0 Å². The Morgan fingerprint density at radius 2 is 2.24 bits per heavy atom. The molecule has 0 radical (unpaired) electrons. The molecule has 1 fully saturated rings. The van der Waals surface area contributed by atoms with Crippen LogP contribution in [0.4, 0.5) is 13.9 Å². The number of hydrogen-bond donors (Lipinski definition) is 0. The molecular formula is C16H18F2N2S. The summed E-state index contributed by atoms with van der Waals surface area (Å²) in [6, 6.07) is 3.87. The molecule has 0 N–H and O–H groups in total. The topological polar surface area (TPSA) is 16.1 Å². The number of aryl methyl sites for hydroxylation is 1. The van der Waals surface area contributed by atoms with Gasteiger partial charge in [-0.25, -0.2) is 13.8 Å². The van der Waals surface area contributed by atoms with E-state index in [2.05, 4.69) is 9.88 Å². The summed E-state index contributed by atoms with van der Waals surface area (Å²) in [4.78, 5) is 6.68. The van der Waals surface area contributed by atoms with E-state index in [0.717, 1.165) is 37.1 Å². The van der Waals surface area contributed by atoms with Crippen molar-refractivity contribution in [2.45, 2.75) is 25.7 Å².